The van der Waals surface area contributed by atoms with Gasteiger partial charge in [0.1, 0.15) is 5.82 Å². The predicted octanol–water partition coefficient (Wildman–Crippen LogP) is 3.79. The molecule has 0 radical (unpaired) electrons. The van der Waals surface area contributed by atoms with Gasteiger partial charge in [-0.25, -0.2) is 4.39 Å². The molecule has 3 heteroatoms. The van der Waals surface area contributed by atoms with E-state index in [0.29, 0.717) is 12.1 Å². The molecule has 2 N–H and O–H groups in total. The van der Waals surface area contributed by atoms with Gasteiger partial charge in [0, 0.05) is 18.1 Å². The number of hydrogen-bond acceptors (Lipinski definition) is 2. The number of halogens is 1. The number of hydrogen-bond donors (Lipinski definition) is 2. The Hall–Kier alpha value is -0.930. The molecule has 0 saturated carbocycles. The van der Waals surface area contributed by atoms with Crippen molar-refractivity contribution in [1.29, 1.82) is 0 Å². The van der Waals surface area contributed by atoms with Crippen LogP contribution in [-0.4, -0.2) is 18.6 Å². The standard InChI is InChI=1S/C17H27FN2/c1-13(11-17-9-4-3-5-10-19-17)20-14(2)15-7-6-8-16(18)12-15/h6-8,12-14,17,19-20H,3-5,9-11H2,1-2H3/t13?,14-,17?/m1/s1. The number of nitrogens with one attached hydrogen (secondary N) is 2. The Morgan fingerprint density at radius 2 is 2.15 bits per heavy atom. The summed E-state index contributed by atoms with van der Waals surface area (Å²) in [6, 6.07) is 8.12. The Balaban J connectivity index is 1.82. The maximum absolute atomic E-state index is 13.2. The highest BCUT2D eigenvalue weighted by atomic mass is 19.1. The van der Waals surface area contributed by atoms with Gasteiger partial charge in [0.05, 0.1) is 0 Å². The van der Waals surface area contributed by atoms with E-state index in [0.717, 1.165) is 18.5 Å². The molecule has 0 amide bonds. The van der Waals surface area contributed by atoms with Gasteiger partial charge >= 0.3 is 0 Å². The van der Waals surface area contributed by atoms with Crippen LogP contribution in [-0.2, 0) is 0 Å². The monoisotopic (exact) mass is 278 g/mol. The molecule has 1 aromatic carbocycles. The second-order valence-electron chi connectivity index (χ2n) is 6.08. The van der Waals surface area contributed by atoms with Crippen molar-refractivity contribution in [2.24, 2.45) is 0 Å². The van der Waals surface area contributed by atoms with Crippen molar-refractivity contribution in [2.75, 3.05) is 6.54 Å². The summed E-state index contributed by atoms with van der Waals surface area (Å²) < 4.78 is 13.2. The molecule has 0 spiro atoms. The molecule has 3 atom stereocenters. The SMILES string of the molecule is CC(CC1CCCCCN1)N[C@H](C)c1cccc(F)c1. The zero-order valence-corrected chi connectivity index (χ0v) is 12.7. The highest BCUT2D eigenvalue weighted by molar-refractivity contribution is 5.19. The van der Waals surface area contributed by atoms with E-state index in [4.69, 9.17) is 0 Å². The van der Waals surface area contributed by atoms with E-state index < -0.39 is 0 Å². The van der Waals surface area contributed by atoms with Gasteiger partial charge in [-0.05, 0) is 57.4 Å². The third-order valence-electron chi connectivity index (χ3n) is 4.18. The minimum Gasteiger partial charge on any atom is -0.314 e. The summed E-state index contributed by atoms with van der Waals surface area (Å²) in [6.45, 7) is 5.48. The van der Waals surface area contributed by atoms with Crippen LogP contribution in [0.1, 0.15) is 57.6 Å². The second-order valence-corrected chi connectivity index (χ2v) is 6.08. The third-order valence-corrected chi connectivity index (χ3v) is 4.18. The van der Waals surface area contributed by atoms with Crippen LogP contribution in [0.15, 0.2) is 24.3 Å². The highest BCUT2D eigenvalue weighted by Gasteiger charge is 2.16. The summed E-state index contributed by atoms with van der Waals surface area (Å²) in [6.07, 6.45) is 6.41. The third kappa shape index (κ3) is 4.88. The molecular formula is C17H27FN2. The molecule has 2 nitrogen and oxygen atoms in total. The first-order valence-electron chi connectivity index (χ1n) is 7.90. The minimum atomic E-state index is -0.158. The van der Waals surface area contributed by atoms with E-state index in [-0.39, 0.29) is 11.9 Å². The summed E-state index contributed by atoms with van der Waals surface area (Å²) in [5.41, 5.74) is 1.02. The average molecular weight is 278 g/mol. The predicted molar refractivity (Wildman–Crippen MR) is 82.3 cm³/mol. The van der Waals surface area contributed by atoms with E-state index in [2.05, 4.69) is 24.5 Å². The molecule has 2 unspecified atom stereocenters. The molecule has 1 aliphatic rings. The van der Waals surface area contributed by atoms with Crippen molar-refractivity contribution >= 4 is 0 Å². The molecule has 1 saturated heterocycles. The molecule has 112 valence electrons. The Morgan fingerprint density at radius 1 is 1.30 bits per heavy atom. The van der Waals surface area contributed by atoms with Crippen LogP contribution in [0.5, 0.6) is 0 Å². The van der Waals surface area contributed by atoms with Gasteiger partial charge < -0.3 is 10.6 Å². The van der Waals surface area contributed by atoms with Crippen molar-refractivity contribution in [3.8, 4) is 0 Å². The van der Waals surface area contributed by atoms with E-state index >= 15 is 0 Å². The van der Waals surface area contributed by atoms with Crippen molar-refractivity contribution in [3.05, 3.63) is 35.6 Å². The van der Waals surface area contributed by atoms with Crippen LogP contribution in [0, 0.1) is 5.82 Å². The molecule has 0 aliphatic carbocycles. The first kappa shape index (κ1) is 15.5. The minimum absolute atomic E-state index is 0.158. The molecule has 20 heavy (non-hydrogen) atoms. The second kappa shape index (κ2) is 7.75. The summed E-state index contributed by atoms with van der Waals surface area (Å²) >= 11 is 0. The van der Waals surface area contributed by atoms with Gasteiger partial charge in [-0.3, -0.25) is 0 Å². The van der Waals surface area contributed by atoms with Gasteiger partial charge in [-0.1, -0.05) is 25.0 Å². The molecule has 2 rings (SSSR count). The molecule has 0 bridgehead atoms. The van der Waals surface area contributed by atoms with Crippen LogP contribution in [0.3, 0.4) is 0 Å². The van der Waals surface area contributed by atoms with Crippen LogP contribution >= 0.6 is 0 Å². The first-order chi connectivity index (χ1) is 9.65. The summed E-state index contributed by atoms with van der Waals surface area (Å²) in [5, 5.41) is 7.22. The van der Waals surface area contributed by atoms with E-state index in [1.807, 2.05) is 6.07 Å². The first-order valence-corrected chi connectivity index (χ1v) is 7.90. The Labute approximate surface area is 122 Å². The average Bonchev–Trinajstić information content (AvgIpc) is 2.67. The molecular weight excluding hydrogens is 251 g/mol. The Morgan fingerprint density at radius 3 is 2.95 bits per heavy atom. The van der Waals surface area contributed by atoms with E-state index in [9.17, 15) is 4.39 Å². The summed E-state index contributed by atoms with van der Waals surface area (Å²) in [7, 11) is 0. The summed E-state index contributed by atoms with van der Waals surface area (Å²) in [4.78, 5) is 0. The van der Waals surface area contributed by atoms with Crippen LogP contribution in [0.2, 0.25) is 0 Å². The van der Waals surface area contributed by atoms with Gasteiger partial charge in [-0.2, -0.15) is 0 Å². The summed E-state index contributed by atoms with van der Waals surface area (Å²) in [5.74, 6) is -0.158. The van der Waals surface area contributed by atoms with Crippen LogP contribution in [0.4, 0.5) is 4.39 Å². The van der Waals surface area contributed by atoms with E-state index in [1.165, 1.54) is 31.7 Å². The largest absolute Gasteiger partial charge is 0.314 e. The van der Waals surface area contributed by atoms with Gasteiger partial charge in [0.25, 0.3) is 0 Å². The quantitative estimate of drug-likeness (QED) is 0.856. The molecule has 1 fully saturated rings. The van der Waals surface area contributed by atoms with Crippen LogP contribution in [0.25, 0.3) is 0 Å². The van der Waals surface area contributed by atoms with Crippen molar-refractivity contribution in [1.82, 2.24) is 10.6 Å². The molecule has 1 aliphatic heterocycles. The van der Waals surface area contributed by atoms with E-state index in [1.54, 1.807) is 12.1 Å². The lowest BCUT2D eigenvalue weighted by molar-refractivity contribution is 0.380. The molecule has 0 aromatic heterocycles. The van der Waals surface area contributed by atoms with Crippen LogP contribution < -0.4 is 10.6 Å². The van der Waals surface area contributed by atoms with Gasteiger partial charge in [0.2, 0.25) is 0 Å². The fourth-order valence-corrected chi connectivity index (χ4v) is 3.10. The molecule has 1 aromatic rings. The maximum atomic E-state index is 13.2. The fourth-order valence-electron chi connectivity index (χ4n) is 3.10. The van der Waals surface area contributed by atoms with Crippen molar-refractivity contribution < 1.29 is 4.39 Å². The normalized spacial score (nSPS) is 23.1. The number of benzene rings is 1. The Kier molecular flexibility index (Phi) is 5.99. The lowest BCUT2D eigenvalue weighted by atomic mass is 10.0. The fraction of sp³-hybridized carbons (Fsp3) is 0.647. The van der Waals surface area contributed by atoms with Gasteiger partial charge in [-0.15, -0.1) is 0 Å². The topological polar surface area (TPSA) is 24.1 Å². The van der Waals surface area contributed by atoms with Crippen molar-refractivity contribution in [3.63, 3.8) is 0 Å². The lowest BCUT2D eigenvalue weighted by Gasteiger charge is -2.25. The van der Waals surface area contributed by atoms with Crippen molar-refractivity contribution in [2.45, 2.75) is 64.1 Å². The zero-order valence-electron chi connectivity index (χ0n) is 12.7. The smallest absolute Gasteiger partial charge is 0.123 e. The maximum Gasteiger partial charge on any atom is 0.123 e. The molecule has 1 heterocycles. The number of rotatable bonds is 5. The highest BCUT2D eigenvalue weighted by Crippen LogP contribution is 2.17. The zero-order chi connectivity index (χ0) is 14.4. The Bertz CT molecular complexity index is 400. The van der Waals surface area contributed by atoms with Gasteiger partial charge in [0.15, 0.2) is 0 Å². The lowest BCUT2D eigenvalue weighted by Crippen LogP contribution is -2.37.